The molecule has 0 bridgehead atoms. The minimum absolute atomic E-state index is 0. The fraction of sp³-hybridized carbons (Fsp3) is 0.200. The molecule has 1 radical (unpaired) electrons. The van der Waals surface area contributed by atoms with Gasteiger partial charge in [-0.05, 0) is 72.0 Å². The molecule has 0 amide bonds. The van der Waals surface area contributed by atoms with Crippen LogP contribution in [-0.4, -0.2) is 15.9 Å². The molecule has 40 heavy (non-hydrogen) atoms. The van der Waals surface area contributed by atoms with E-state index in [2.05, 4.69) is 43.3 Å². The quantitative estimate of drug-likeness (QED) is 0.147. The maximum absolute atomic E-state index is 10.7. The van der Waals surface area contributed by atoms with Gasteiger partial charge in [-0.1, -0.05) is 79.2 Å². The van der Waals surface area contributed by atoms with Crippen LogP contribution >= 0.6 is 0 Å². The fourth-order valence-electron chi connectivity index (χ4n) is 5.53. The molecule has 203 valence electrons. The number of aromatic hydroxyl groups is 1. The normalized spacial score (nSPS) is 14.4. The Labute approximate surface area is 248 Å². The first kappa shape index (κ1) is 26.4. The number of para-hydroxylation sites is 2. The van der Waals surface area contributed by atoms with Crippen LogP contribution in [0.2, 0.25) is 0 Å². The van der Waals surface area contributed by atoms with E-state index in [4.69, 9.17) is 15.9 Å². The van der Waals surface area contributed by atoms with Crippen LogP contribution in [-0.2, 0) is 20.1 Å². The van der Waals surface area contributed by atoms with Gasteiger partial charge in [0.1, 0.15) is 11.3 Å². The van der Waals surface area contributed by atoms with E-state index < -0.39 is 5.89 Å². The molecule has 4 nitrogen and oxygen atoms in total. The first-order chi connectivity index (χ1) is 19.3. The molecule has 0 atom stereocenters. The van der Waals surface area contributed by atoms with Crippen LogP contribution in [0.3, 0.4) is 0 Å². The molecule has 2 heterocycles. The number of fused-ring (bicyclic) bond motifs is 4. The van der Waals surface area contributed by atoms with E-state index in [-0.39, 0.29) is 31.6 Å². The van der Waals surface area contributed by atoms with Gasteiger partial charge in [-0.3, -0.25) is 4.79 Å². The standard InChI is InChI=1S/C27H22NO.C8H8O2.Ir/c1-17-14-23-22-8-4-5-9-25(22)29-27(23)24(15-17)26-21-11-10-19(18-6-2-3-7-18)16-20(21)12-13-28-26;1-6(9)7-4-2-3-5-8(7)10;/h4-5,8-14,16,18H,2-3,6-7H2,1H3;2-5,10H,1H3;/q-1;;/i18D;;. The van der Waals surface area contributed by atoms with Crippen molar-refractivity contribution in [2.45, 2.75) is 45.4 Å². The first-order valence-electron chi connectivity index (χ1n) is 13.9. The largest absolute Gasteiger partial charge is 0.507 e. The number of nitrogens with zero attached hydrogens (tertiary/aromatic N) is 1. The number of ketones is 1. The second-order valence-corrected chi connectivity index (χ2v) is 10.1. The summed E-state index contributed by atoms with van der Waals surface area (Å²) in [4.78, 5) is 15.5. The maximum Gasteiger partial charge on any atom is 0.163 e. The molecule has 0 spiro atoms. The van der Waals surface area contributed by atoms with Gasteiger partial charge in [-0.15, -0.1) is 17.7 Å². The molecule has 1 fully saturated rings. The zero-order valence-electron chi connectivity index (χ0n) is 23.5. The SMILES string of the molecule is CC(=O)c1ccccc1O.[2H]C1(c2ccc3c(-c4[c-]c(C)cc5c4oc4ccccc45)nccc3c2)CCCC1.[Ir]. The van der Waals surface area contributed by atoms with Gasteiger partial charge >= 0.3 is 0 Å². The Balaban J connectivity index is 0.000000263. The third-order valence-electron chi connectivity index (χ3n) is 7.44. The van der Waals surface area contributed by atoms with Gasteiger partial charge in [-0.2, -0.15) is 0 Å². The van der Waals surface area contributed by atoms with E-state index in [0.717, 1.165) is 80.8 Å². The van der Waals surface area contributed by atoms with Gasteiger partial charge in [0.05, 0.1) is 11.1 Å². The van der Waals surface area contributed by atoms with Gasteiger partial charge in [0.25, 0.3) is 0 Å². The van der Waals surface area contributed by atoms with Gasteiger partial charge in [0, 0.05) is 33.1 Å². The summed E-state index contributed by atoms with van der Waals surface area (Å²) in [7, 11) is 0. The molecule has 0 saturated heterocycles. The van der Waals surface area contributed by atoms with Crippen molar-refractivity contribution in [2.75, 3.05) is 0 Å². The Bertz CT molecular complexity index is 1890. The van der Waals surface area contributed by atoms with Crippen molar-refractivity contribution in [3.8, 4) is 17.0 Å². The topological polar surface area (TPSA) is 63.3 Å². The number of Topliss-reactive ketones (excluding diaryl/α,β-unsaturated/α-hetero) is 1. The maximum atomic E-state index is 10.7. The molecule has 0 unspecified atom stereocenters. The number of phenolic OH excluding ortho intramolecular Hbond substituents is 1. The second kappa shape index (κ2) is 11.8. The van der Waals surface area contributed by atoms with Gasteiger partial charge < -0.3 is 14.5 Å². The van der Waals surface area contributed by atoms with Crippen LogP contribution < -0.4 is 0 Å². The first-order valence-corrected chi connectivity index (χ1v) is 13.4. The summed E-state index contributed by atoms with van der Waals surface area (Å²) in [5.74, 6) is -0.507. The number of aryl methyl sites for hydroxylation is 1. The summed E-state index contributed by atoms with van der Waals surface area (Å²) in [6, 6.07) is 28.8. The Morgan fingerprint density at radius 1 is 0.975 bits per heavy atom. The predicted molar refractivity (Wildman–Crippen MR) is 157 cm³/mol. The summed E-state index contributed by atoms with van der Waals surface area (Å²) >= 11 is 0. The van der Waals surface area contributed by atoms with E-state index in [1.807, 2.05) is 30.5 Å². The Kier molecular flexibility index (Phi) is 7.77. The monoisotopic (exact) mass is 706 g/mol. The van der Waals surface area contributed by atoms with Crippen LogP contribution in [0.15, 0.2) is 89.5 Å². The molecule has 1 aliphatic carbocycles. The zero-order chi connectivity index (χ0) is 27.9. The van der Waals surface area contributed by atoms with Crippen molar-refractivity contribution in [1.29, 1.82) is 0 Å². The Morgan fingerprint density at radius 2 is 1.73 bits per heavy atom. The summed E-state index contributed by atoms with van der Waals surface area (Å²) < 4.78 is 15.1. The summed E-state index contributed by atoms with van der Waals surface area (Å²) in [6.45, 7) is 3.49. The smallest absolute Gasteiger partial charge is 0.163 e. The molecule has 7 rings (SSSR count). The van der Waals surface area contributed by atoms with E-state index in [1.165, 1.54) is 13.0 Å². The minimum atomic E-state index is -0.445. The van der Waals surface area contributed by atoms with Crippen LogP contribution in [0.5, 0.6) is 5.75 Å². The number of aromatic nitrogens is 1. The van der Waals surface area contributed by atoms with Gasteiger partial charge in [-0.25, -0.2) is 0 Å². The summed E-state index contributed by atoms with van der Waals surface area (Å²) in [5.41, 5.74) is 6.06. The molecule has 4 aromatic carbocycles. The van der Waals surface area contributed by atoms with Crippen LogP contribution in [0.4, 0.5) is 0 Å². The number of benzene rings is 4. The molecular formula is C35H30IrNO3-. The van der Waals surface area contributed by atoms with E-state index in [1.54, 1.807) is 18.2 Å². The van der Waals surface area contributed by atoms with Gasteiger partial charge in [0.2, 0.25) is 0 Å². The van der Waals surface area contributed by atoms with Crippen LogP contribution in [0.25, 0.3) is 44.0 Å². The number of phenols is 1. The molecule has 2 aromatic heterocycles. The van der Waals surface area contributed by atoms with Crippen molar-refractivity contribution >= 4 is 38.5 Å². The summed E-state index contributed by atoms with van der Waals surface area (Å²) in [6.07, 6.45) is 6.04. The third-order valence-corrected chi connectivity index (χ3v) is 7.44. The molecule has 5 heteroatoms. The van der Waals surface area contributed by atoms with Crippen molar-refractivity contribution in [2.24, 2.45) is 0 Å². The average Bonchev–Trinajstić information content (AvgIpc) is 3.57. The Hall–Kier alpha value is -3.79. The molecule has 1 saturated carbocycles. The predicted octanol–water partition coefficient (Wildman–Crippen LogP) is 9.16. The third kappa shape index (κ3) is 5.32. The Morgan fingerprint density at radius 3 is 2.48 bits per heavy atom. The number of furan rings is 1. The van der Waals surface area contributed by atoms with Crippen molar-refractivity contribution in [3.05, 3.63) is 108 Å². The minimum Gasteiger partial charge on any atom is -0.507 e. The number of carbonyl (C=O) groups excluding carboxylic acids is 1. The molecular weight excluding hydrogens is 675 g/mol. The molecule has 6 aromatic rings. The number of carbonyl (C=O) groups is 1. The molecule has 0 aliphatic heterocycles. The molecule has 1 aliphatic rings. The molecule has 1 N–H and O–H groups in total. The second-order valence-electron chi connectivity index (χ2n) is 10.1. The van der Waals surface area contributed by atoms with E-state index in [9.17, 15) is 4.79 Å². The summed E-state index contributed by atoms with van der Waals surface area (Å²) in [5, 5.41) is 13.5. The zero-order valence-corrected chi connectivity index (χ0v) is 24.9. The van der Waals surface area contributed by atoms with E-state index in [0.29, 0.717) is 5.56 Å². The van der Waals surface area contributed by atoms with Crippen molar-refractivity contribution < 1.29 is 35.8 Å². The van der Waals surface area contributed by atoms with Crippen LogP contribution in [0.1, 0.15) is 61.4 Å². The van der Waals surface area contributed by atoms with E-state index >= 15 is 0 Å². The fourth-order valence-corrected chi connectivity index (χ4v) is 5.53. The number of rotatable bonds is 3. The number of hydrogen-bond acceptors (Lipinski definition) is 4. The number of pyridine rings is 1. The number of hydrogen-bond donors (Lipinski definition) is 1. The van der Waals surface area contributed by atoms with Crippen LogP contribution in [0, 0.1) is 13.0 Å². The van der Waals surface area contributed by atoms with Gasteiger partial charge in [0.15, 0.2) is 5.78 Å². The average molecular weight is 706 g/mol. The van der Waals surface area contributed by atoms with Crippen molar-refractivity contribution in [1.82, 2.24) is 4.98 Å². The van der Waals surface area contributed by atoms with Crippen molar-refractivity contribution in [3.63, 3.8) is 0 Å².